The van der Waals surface area contributed by atoms with Crippen molar-refractivity contribution < 1.29 is 14.3 Å². The summed E-state index contributed by atoms with van der Waals surface area (Å²) < 4.78 is 13.0. The van der Waals surface area contributed by atoms with Gasteiger partial charge >= 0.3 is 5.97 Å². The third-order valence-corrected chi connectivity index (χ3v) is 4.70. The summed E-state index contributed by atoms with van der Waals surface area (Å²) in [5.74, 6) is -0.657. The van der Waals surface area contributed by atoms with Gasteiger partial charge in [0.05, 0.1) is 11.4 Å². The first-order valence-corrected chi connectivity index (χ1v) is 7.50. The lowest BCUT2D eigenvalue weighted by Crippen LogP contribution is -1.97. The number of aromatic nitrogens is 1. The normalized spacial score (nSPS) is 10.6. The molecular weight excluding hydrogens is 285 g/mol. The number of aromatic carboxylic acids is 1. The summed E-state index contributed by atoms with van der Waals surface area (Å²) in [5.41, 5.74) is 0.618. The van der Waals surface area contributed by atoms with E-state index in [0.29, 0.717) is 22.7 Å². The molecule has 100 valence electrons. The van der Waals surface area contributed by atoms with E-state index in [1.54, 1.807) is 6.07 Å². The van der Waals surface area contributed by atoms with Crippen molar-refractivity contribution in [3.63, 3.8) is 0 Å². The van der Waals surface area contributed by atoms with E-state index in [0.717, 1.165) is 9.90 Å². The van der Waals surface area contributed by atoms with Gasteiger partial charge in [-0.3, -0.25) is 0 Å². The van der Waals surface area contributed by atoms with Crippen LogP contribution in [0.2, 0.25) is 0 Å². The Morgan fingerprint density at radius 2 is 2.32 bits per heavy atom. The zero-order chi connectivity index (χ0) is 13.8. The van der Waals surface area contributed by atoms with Gasteiger partial charge in [-0.25, -0.2) is 14.2 Å². The van der Waals surface area contributed by atoms with E-state index in [4.69, 9.17) is 5.11 Å². The van der Waals surface area contributed by atoms with Gasteiger partial charge in [0.15, 0.2) is 0 Å². The summed E-state index contributed by atoms with van der Waals surface area (Å²) >= 11 is 2.64. The summed E-state index contributed by atoms with van der Waals surface area (Å²) in [7, 11) is 0. The number of thiazole rings is 1. The molecule has 0 unspecified atom stereocenters. The van der Waals surface area contributed by atoms with Crippen molar-refractivity contribution >= 4 is 29.1 Å². The molecule has 0 aliphatic carbocycles. The maximum Gasteiger partial charge on any atom is 0.347 e. The second-order valence-corrected chi connectivity index (χ2v) is 5.92. The minimum absolute atomic E-state index is 0.274. The van der Waals surface area contributed by atoms with Gasteiger partial charge in [0, 0.05) is 4.90 Å². The average Bonchev–Trinajstić information content (AvgIpc) is 2.80. The Morgan fingerprint density at radius 3 is 2.89 bits per heavy atom. The summed E-state index contributed by atoms with van der Waals surface area (Å²) in [6.45, 7) is 1.88. The van der Waals surface area contributed by atoms with E-state index in [9.17, 15) is 9.18 Å². The molecule has 0 saturated heterocycles. The van der Waals surface area contributed by atoms with Crippen molar-refractivity contribution in [1.29, 1.82) is 0 Å². The number of carboxylic acid groups (broad SMARTS) is 1. The topological polar surface area (TPSA) is 50.2 Å². The maximum absolute atomic E-state index is 13.0. The maximum atomic E-state index is 13.0. The number of carbonyl (C=O) groups is 1. The van der Waals surface area contributed by atoms with Crippen LogP contribution in [-0.2, 0) is 12.2 Å². The van der Waals surface area contributed by atoms with Crippen LogP contribution in [0.15, 0.2) is 29.2 Å². The third-order valence-electron chi connectivity index (χ3n) is 2.43. The lowest BCUT2D eigenvalue weighted by atomic mass is 10.3. The van der Waals surface area contributed by atoms with Crippen LogP contribution in [0.25, 0.3) is 0 Å². The number of rotatable bonds is 5. The van der Waals surface area contributed by atoms with E-state index in [1.807, 2.05) is 13.0 Å². The first-order valence-electron chi connectivity index (χ1n) is 5.70. The molecule has 1 aromatic heterocycles. The lowest BCUT2D eigenvalue weighted by molar-refractivity contribution is 0.0701. The molecular formula is C13H12FNO2S2. The zero-order valence-electron chi connectivity index (χ0n) is 10.2. The molecule has 1 aromatic carbocycles. The molecule has 0 fully saturated rings. The molecule has 0 spiro atoms. The van der Waals surface area contributed by atoms with Gasteiger partial charge in [0.2, 0.25) is 0 Å². The molecule has 0 atom stereocenters. The van der Waals surface area contributed by atoms with Crippen LogP contribution < -0.4 is 0 Å². The molecule has 1 heterocycles. The number of thioether (sulfide) groups is 1. The Bertz CT molecular complexity index is 598. The molecule has 2 rings (SSSR count). The molecule has 19 heavy (non-hydrogen) atoms. The minimum atomic E-state index is -0.934. The monoisotopic (exact) mass is 297 g/mol. The van der Waals surface area contributed by atoms with Gasteiger partial charge in [-0.05, 0) is 24.6 Å². The standard InChI is InChI=1S/C13H12FNO2S2/c1-2-10-12(13(16)17)19-11(15-10)7-18-9-5-3-4-8(14)6-9/h3-6H,2,7H2,1H3,(H,16,17). The van der Waals surface area contributed by atoms with Crippen molar-refractivity contribution in [3.8, 4) is 0 Å². The molecule has 1 N–H and O–H groups in total. The Hall–Kier alpha value is -1.40. The lowest BCUT2D eigenvalue weighted by Gasteiger charge is -1.98. The van der Waals surface area contributed by atoms with Crippen molar-refractivity contribution in [2.75, 3.05) is 0 Å². The average molecular weight is 297 g/mol. The van der Waals surface area contributed by atoms with E-state index < -0.39 is 5.97 Å². The molecule has 0 aliphatic heterocycles. The summed E-state index contributed by atoms with van der Waals surface area (Å²) in [6, 6.07) is 6.32. The molecule has 2 aromatic rings. The SMILES string of the molecule is CCc1nc(CSc2cccc(F)c2)sc1C(=O)O. The Labute approximate surface area is 118 Å². The smallest absolute Gasteiger partial charge is 0.347 e. The van der Waals surface area contributed by atoms with Crippen LogP contribution in [0, 0.1) is 5.82 Å². The fourth-order valence-electron chi connectivity index (χ4n) is 1.57. The number of benzene rings is 1. The fraction of sp³-hybridized carbons (Fsp3) is 0.231. The van der Waals surface area contributed by atoms with E-state index >= 15 is 0 Å². The minimum Gasteiger partial charge on any atom is -0.477 e. The van der Waals surface area contributed by atoms with Crippen molar-refractivity contribution in [3.05, 3.63) is 45.7 Å². The van der Waals surface area contributed by atoms with Gasteiger partial charge in [-0.1, -0.05) is 13.0 Å². The summed E-state index contributed by atoms with van der Waals surface area (Å²) in [6.07, 6.45) is 0.600. The highest BCUT2D eigenvalue weighted by Crippen LogP contribution is 2.27. The second-order valence-electron chi connectivity index (χ2n) is 3.79. The molecule has 0 radical (unpaired) electrons. The highest BCUT2D eigenvalue weighted by Gasteiger charge is 2.15. The number of nitrogens with zero attached hydrogens (tertiary/aromatic N) is 1. The largest absolute Gasteiger partial charge is 0.477 e. The molecule has 0 aliphatic rings. The van der Waals surface area contributed by atoms with Crippen LogP contribution >= 0.6 is 23.1 Å². The van der Waals surface area contributed by atoms with E-state index in [1.165, 1.54) is 35.2 Å². The first-order chi connectivity index (χ1) is 9.10. The molecule has 3 nitrogen and oxygen atoms in total. The number of carboxylic acids is 1. The van der Waals surface area contributed by atoms with Crippen molar-refractivity contribution in [2.45, 2.75) is 24.0 Å². The van der Waals surface area contributed by atoms with Crippen LogP contribution in [0.3, 0.4) is 0 Å². The van der Waals surface area contributed by atoms with Crippen molar-refractivity contribution in [1.82, 2.24) is 4.98 Å². The van der Waals surface area contributed by atoms with Crippen LogP contribution in [0.4, 0.5) is 4.39 Å². The zero-order valence-corrected chi connectivity index (χ0v) is 11.9. The molecule has 0 bridgehead atoms. The molecule has 0 amide bonds. The predicted molar refractivity (Wildman–Crippen MR) is 74.4 cm³/mol. The molecule has 0 saturated carbocycles. The number of halogens is 1. The van der Waals surface area contributed by atoms with Gasteiger partial charge in [0.1, 0.15) is 15.7 Å². The predicted octanol–water partition coefficient (Wildman–Crippen LogP) is 3.84. The molecule has 6 heteroatoms. The summed E-state index contributed by atoms with van der Waals surface area (Å²) in [5, 5.41) is 9.80. The highest BCUT2D eigenvalue weighted by molar-refractivity contribution is 7.98. The Kier molecular flexibility index (Phi) is 4.55. The van der Waals surface area contributed by atoms with Crippen LogP contribution in [0.1, 0.15) is 27.3 Å². The van der Waals surface area contributed by atoms with Gasteiger partial charge in [-0.2, -0.15) is 0 Å². The van der Waals surface area contributed by atoms with Crippen LogP contribution in [-0.4, -0.2) is 16.1 Å². The number of hydrogen-bond acceptors (Lipinski definition) is 4. The number of aryl methyl sites for hydroxylation is 1. The van der Waals surface area contributed by atoms with E-state index in [2.05, 4.69) is 4.98 Å². The van der Waals surface area contributed by atoms with Crippen molar-refractivity contribution in [2.24, 2.45) is 0 Å². The quantitative estimate of drug-likeness (QED) is 0.852. The first kappa shape index (κ1) is 14.0. The second kappa shape index (κ2) is 6.16. The Morgan fingerprint density at radius 1 is 1.53 bits per heavy atom. The number of hydrogen-bond donors (Lipinski definition) is 1. The Balaban J connectivity index is 2.09. The summed E-state index contributed by atoms with van der Waals surface area (Å²) in [4.78, 5) is 16.5. The highest BCUT2D eigenvalue weighted by atomic mass is 32.2. The third kappa shape index (κ3) is 3.54. The van der Waals surface area contributed by atoms with Gasteiger partial charge < -0.3 is 5.11 Å². The van der Waals surface area contributed by atoms with Gasteiger partial charge in [0.25, 0.3) is 0 Å². The van der Waals surface area contributed by atoms with Crippen LogP contribution in [0.5, 0.6) is 0 Å². The fourth-order valence-corrected chi connectivity index (χ4v) is 3.50. The van der Waals surface area contributed by atoms with Gasteiger partial charge in [-0.15, -0.1) is 23.1 Å². The van der Waals surface area contributed by atoms with E-state index in [-0.39, 0.29) is 5.82 Å².